The molecule has 8 heteroatoms. The van der Waals surface area contributed by atoms with Crippen LogP contribution in [0.4, 0.5) is 14.5 Å². The minimum Gasteiger partial charge on any atom is -0.448 e. The minimum atomic E-state index is -1.23. The normalized spacial score (nSPS) is 11.7. The largest absolute Gasteiger partial charge is 0.448 e. The van der Waals surface area contributed by atoms with Crippen LogP contribution in [0.3, 0.4) is 0 Å². The Morgan fingerprint density at radius 1 is 1.11 bits per heavy atom. The number of nitrogens with zero attached hydrogens (tertiary/aromatic N) is 1. The number of benzene rings is 2. The average molecular weight is 371 g/mol. The van der Waals surface area contributed by atoms with E-state index in [0.717, 1.165) is 23.8 Å². The lowest BCUT2D eigenvalue weighted by Crippen LogP contribution is -2.30. The van der Waals surface area contributed by atoms with E-state index in [1.165, 1.54) is 13.0 Å². The van der Waals surface area contributed by atoms with E-state index >= 15 is 0 Å². The Labute approximate surface area is 153 Å². The van der Waals surface area contributed by atoms with Gasteiger partial charge in [0, 0.05) is 11.6 Å². The molecule has 3 aromatic rings. The van der Waals surface area contributed by atoms with Crippen molar-refractivity contribution in [1.82, 2.24) is 10.2 Å². The molecule has 0 unspecified atom stereocenters. The molecule has 0 saturated carbocycles. The molecule has 1 atom stereocenters. The highest BCUT2D eigenvalue weighted by molar-refractivity contribution is 5.97. The summed E-state index contributed by atoms with van der Waals surface area (Å²) in [4.78, 5) is 24.2. The first-order valence-electron chi connectivity index (χ1n) is 8.02. The first-order valence-corrected chi connectivity index (χ1v) is 8.02. The van der Waals surface area contributed by atoms with E-state index in [2.05, 4.69) is 15.5 Å². The highest BCUT2D eigenvalue weighted by Crippen LogP contribution is 2.18. The van der Waals surface area contributed by atoms with Gasteiger partial charge in [-0.1, -0.05) is 30.3 Å². The molecule has 0 aliphatic heterocycles. The third kappa shape index (κ3) is 4.35. The monoisotopic (exact) mass is 371 g/mol. The van der Waals surface area contributed by atoms with Gasteiger partial charge in [-0.05, 0) is 25.1 Å². The number of ether oxygens (including phenoxy) is 1. The number of carbonyl (C=O) groups excluding carboxylic acids is 2. The molecule has 27 heavy (non-hydrogen) atoms. The third-order valence-electron chi connectivity index (χ3n) is 3.71. The van der Waals surface area contributed by atoms with E-state index in [1.807, 2.05) is 30.3 Å². The molecule has 3 rings (SSSR count). The van der Waals surface area contributed by atoms with Gasteiger partial charge in [0.1, 0.15) is 17.3 Å². The summed E-state index contributed by atoms with van der Waals surface area (Å²) < 4.78 is 31.8. The highest BCUT2D eigenvalue weighted by Gasteiger charge is 2.21. The number of esters is 1. The number of aromatic amines is 1. The number of anilines is 1. The van der Waals surface area contributed by atoms with Gasteiger partial charge in [0.05, 0.1) is 11.4 Å². The lowest BCUT2D eigenvalue weighted by molar-refractivity contribution is -0.123. The van der Waals surface area contributed by atoms with Crippen molar-refractivity contribution in [3.63, 3.8) is 0 Å². The Morgan fingerprint density at radius 2 is 1.85 bits per heavy atom. The SMILES string of the molecule is C[C@H](OC(=O)c1cc(-c2ccccc2)n[nH]1)C(=O)Nc1cc(F)ccc1F. The first-order chi connectivity index (χ1) is 12.9. The third-order valence-corrected chi connectivity index (χ3v) is 3.71. The van der Waals surface area contributed by atoms with Gasteiger partial charge < -0.3 is 10.1 Å². The average Bonchev–Trinajstić information content (AvgIpc) is 3.15. The maximum absolute atomic E-state index is 13.6. The van der Waals surface area contributed by atoms with Gasteiger partial charge in [0.2, 0.25) is 0 Å². The fourth-order valence-electron chi connectivity index (χ4n) is 2.29. The van der Waals surface area contributed by atoms with Crippen molar-refractivity contribution in [2.24, 2.45) is 0 Å². The van der Waals surface area contributed by atoms with Crippen LogP contribution in [-0.4, -0.2) is 28.2 Å². The molecule has 2 aromatic carbocycles. The standard InChI is InChI=1S/C19H15F2N3O3/c1-11(18(25)22-16-9-13(20)7-8-14(16)21)27-19(26)17-10-15(23-24-17)12-5-3-2-4-6-12/h2-11H,1H3,(H,22,25)(H,23,24)/t11-/m0/s1. The lowest BCUT2D eigenvalue weighted by atomic mass is 10.1. The van der Waals surface area contributed by atoms with Crippen LogP contribution in [0.1, 0.15) is 17.4 Å². The molecule has 138 valence electrons. The van der Waals surface area contributed by atoms with Crippen molar-refractivity contribution in [2.75, 3.05) is 5.32 Å². The highest BCUT2D eigenvalue weighted by atomic mass is 19.1. The van der Waals surface area contributed by atoms with E-state index in [-0.39, 0.29) is 11.4 Å². The number of rotatable bonds is 5. The molecule has 1 aromatic heterocycles. The van der Waals surface area contributed by atoms with Gasteiger partial charge in [-0.3, -0.25) is 9.89 Å². The Bertz CT molecular complexity index is 973. The van der Waals surface area contributed by atoms with Crippen LogP contribution in [0.25, 0.3) is 11.3 Å². The topological polar surface area (TPSA) is 84.1 Å². The minimum absolute atomic E-state index is 0.0606. The van der Waals surface area contributed by atoms with Crippen molar-refractivity contribution in [3.05, 3.63) is 71.9 Å². The lowest BCUT2D eigenvalue weighted by Gasteiger charge is -2.13. The summed E-state index contributed by atoms with van der Waals surface area (Å²) in [6, 6.07) is 13.3. The van der Waals surface area contributed by atoms with Crippen molar-refractivity contribution in [3.8, 4) is 11.3 Å². The molecule has 1 heterocycles. The van der Waals surface area contributed by atoms with Crippen LogP contribution in [0, 0.1) is 11.6 Å². The van der Waals surface area contributed by atoms with Crippen LogP contribution < -0.4 is 5.32 Å². The second-order valence-electron chi connectivity index (χ2n) is 5.69. The van der Waals surface area contributed by atoms with Crippen LogP contribution in [-0.2, 0) is 9.53 Å². The molecule has 0 saturated heterocycles. The Kier molecular flexibility index (Phi) is 5.25. The molecule has 0 radical (unpaired) electrons. The fraction of sp³-hybridized carbons (Fsp3) is 0.105. The van der Waals surface area contributed by atoms with E-state index in [1.54, 1.807) is 0 Å². The number of halogens is 2. The van der Waals surface area contributed by atoms with Gasteiger partial charge in [-0.2, -0.15) is 5.10 Å². The maximum atomic E-state index is 13.6. The van der Waals surface area contributed by atoms with E-state index in [4.69, 9.17) is 4.74 Å². The summed E-state index contributed by atoms with van der Waals surface area (Å²) in [6.45, 7) is 1.32. The second-order valence-corrected chi connectivity index (χ2v) is 5.69. The quantitative estimate of drug-likeness (QED) is 0.672. The van der Waals surface area contributed by atoms with Crippen LogP contribution in [0.5, 0.6) is 0 Å². The molecule has 0 fully saturated rings. The van der Waals surface area contributed by atoms with Gasteiger partial charge in [-0.15, -0.1) is 0 Å². The molecule has 1 amide bonds. The fourth-order valence-corrected chi connectivity index (χ4v) is 2.29. The smallest absolute Gasteiger partial charge is 0.357 e. The van der Waals surface area contributed by atoms with Gasteiger partial charge in [0.15, 0.2) is 6.10 Å². The van der Waals surface area contributed by atoms with Crippen LogP contribution >= 0.6 is 0 Å². The summed E-state index contributed by atoms with van der Waals surface area (Å²) in [5.41, 5.74) is 1.07. The van der Waals surface area contributed by atoms with Crippen molar-refractivity contribution < 1.29 is 23.1 Å². The first kappa shape index (κ1) is 18.2. The zero-order valence-electron chi connectivity index (χ0n) is 14.2. The van der Waals surface area contributed by atoms with Crippen LogP contribution in [0.2, 0.25) is 0 Å². The number of hydrogen-bond donors (Lipinski definition) is 2. The molecule has 2 N–H and O–H groups in total. The molecule has 0 spiro atoms. The summed E-state index contributed by atoms with van der Waals surface area (Å²) in [6.07, 6.45) is -1.23. The van der Waals surface area contributed by atoms with E-state index in [0.29, 0.717) is 5.69 Å². The Balaban J connectivity index is 1.64. The van der Waals surface area contributed by atoms with Gasteiger partial charge >= 0.3 is 5.97 Å². The van der Waals surface area contributed by atoms with Crippen molar-refractivity contribution in [2.45, 2.75) is 13.0 Å². The number of hydrogen-bond acceptors (Lipinski definition) is 4. The van der Waals surface area contributed by atoms with E-state index in [9.17, 15) is 18.4 Å². The predicted molar refractivity (Wildman–Crippen MR) is 93.9 cm³/mol. The zero-order chi connectivity index (χ0) is 19.4. The molecule has 6 nitrogen and oxygen atoms in total. The summed E-state index contributed by atoms with van der Waals surface area (Å²) in [5.74, 6) is -3.10. The van der Waals surface area contributed by atoms with Gasteiger partial charge in [-0.25, -0.2) is 13.6 Å². The summed E-state index contributed by atoms with van der Waals surface area (Å²) in [5, 5.41) is 8.76. The molecule has 0 bridgehead atoms. The molecule has 0 aliphatic carbocycles. The Hall–Kier alpha value is -3.55. The van der Waals surface area contributed by atoms with E-state index < -0.39 is 29.6 Å². The summed E-state index contributed by atoms with van der Waals surface area (Å²) >= 11 is 0. The number of nitrogens with one attached hydrogen (secondary N) is 2. The zero-order valence-corrected chi connectivity index (χ0v) is 14.2. The van der Waals surface area contributed by atoms with Crippen molar-refractivity contribution in [1.29, 1.82) is 0 Å². The van der Waals surface area contributed by atoms with Gasteiger partial charge in [0.25, 0.3) is 5.91 Å². The number of carbonyl (C=O) groups is 2. The number of H-pyrrole nitrogens is 1. The Morgan fingerprint density at radius 3 is 2.59 bits per heavy atom. The number of aromatic nitrogens is 2. The number of amides is 1. The molecular formula is C19H15F2N3O3. The molecule has 0 aliphatic rings. The predicted octanol–water partition coefficient (Wildman–Crippen LogP) is 3.54. The van der Waals surface area contributed by atoms with Crippen LogP contribution in [0.15, 0.2) is 54.6 Å². The summed E-state index contributed by atoms with van der Waals surface area (Å²) in [7, 11) is 0. The molecular weight excluding hydrogens is 356 g/mol. The maximum Gasteiger partial charge on any atom is 0.357 e. The second kappa shape index (κ2) is 7.77. The van der Waals surface area contributed by atoms with Crippen molar-refractivity contribution >= 4 is 17.6 Å².